The lowest BCUT2D eigenvalue weighted by Crippen LogP contribution is -2.39. The van der Waals surface area contributed by atoms with Crippen LogP contribution in [0.25, 0.3) is 22.5 Å². The van der Waals surface area contributed by atoms with Gasteiger partial charge in [0.1, 0.15) is 11.6 Å². The first-order chi connectivity index (χ1) is 17.5. The van der Waals surface area contributed by atoms with Crippen LogP contribution in [0.15, 0.2) is 30.3 Å². The number of nitrogens with one attached hydrogen (secondary N) is 1. The van der Waals surface area contributed by atoms with E-state index < -0.39 is 41.6 Å². The normalized spacial score (nSPS) is 18.1. The summed E-state index contributed by atoms with van der Waals surface area (Å²) in [6.07, 6.45) is -5.01. The maximum atomic E-state index is 14.9. The van der Waals surface area contributed by atoms with Gasteiger partial charge >= 0.3 is 6.18 Å². The van der Waals surface area contributed by atoms with Crippen LogP contribution < -0.4 is 10.1 Å². The molecular weight excluding hydrogens is 518 g/mol. The first kappa shape index (κ1) is 25.1. The monoisotopic (exact) mass is 537 g/mol. The summed E-state index contributed by atoms with van der Waals surface area (Å²) in [6.45, 7) is 0.234. The number of halogens is 5. The predicted molar refractivity (Wildman–Crippen MR) is 123 cm³/mol. The van der Waals surface area contributed by atoms with Crippen LogP contribution in [-0.4, -0.2) is 44.7 Å². The fourth-order valence-electron chi connectivity index (χ4n) is 4.47. The number of fused-ring (bicyclic) bond motifs is 1. The summed E-state index contributed by atoms with van der Waals surface area (Å²) in [5.74, 6) is -2.64. The molecule has 8 nitrogen and oxygen atoms in total. The summed E-state index contributed by atoms with van der Waals surface area (Å²) in [5.41, 5.74) is 0.329. The highest BCUT2D eigenvalue weighted by Crippen LogP contribution is 2.51. The summed E-state index contributed by atoms with van der Waals surface area (Å²) in [5, 5.41) is 14.7. The molecule has 2 aromatic carbocycles. The molecule has 1 atom stereocenters. The van der Waals surface area contributed by atoms with Crippen molar-refractivity contribution in [1.82, 2.24) is 25.5 Å². The van der Waals surface area contributed by atoms with Crippen molar-refractivity contribution >= 4 is 23.3 Å². The zero-order valence-corrected chi connectivity index (χ0v) is 20.2. The van der Waals surface area contributed by atoms with E-state index in [4.69, 9.17) is 16.3 Å². The minimum Gasteiger partial charge on any atom is -0.493 e. The second kappa shape index (κ2) is 9.09. The summed E-state index contributed by atoms with van der Waals surface area (Å²) in [6, 6.07) is 7.24. The fourth-order valence-corrected chi connectivity index (χ4v) is 4.68. The van der Waals surface area contributed by atoms with Crippen molar-refractivity contribution < 1.29 is 31.9 Å². The minimum atomic E-state index is -4.98. The van der Waals surface area contributed by atoms with E-state index in [1.165, 1.54) is 4.80 Å². The Hall–Kier alpha value is -3.54. The van der Waals surface area contributed by atoms with E-state index in [1.807, 2.05) is 0 Å². The van der Waals surface area contributed by atoms with E-state index in [1.54, 1.807) is 31.3 Å². The molecule has 13 heteroatoms. The molecule has 5 rings (SSSR count). The standard InChI is InChI=1S/C24H20ClF4N5O3/c1-34-32-21(31-33-34)20-15(9-13(25)10-16(20)26)12-2-3-14-17(4-7-37-18(14)8-12)30-22(36)23(5-6-23)11-19(35)24(27,28)29/h2-3,8-10,17H,4-7,11H2,1H3,(H,30,36). The molecule has 2 aliphatic rings. The number of hydrogen-bond acceptors (Lipinski definition) is 6. The number of ether oxygens (including phenoxy) is 1. The Morgan fingerprint density at radius 2 is 2.00 bits per heavy atom. The number of aryl methyl sites for hydroxylation is 1. The van der Waals surface area contributed by atoms with E-state index >= 15 is 0 Å². The fraction of sp³-hybridized carbons (Fsp3) is 0.375. The number of tetrazole rings is 1. The molecule has 1 fully saturated rings. The molecule has 1 saturated carbocycles. The van der Waals surface area contributed by atoms with Gasteiger partial charge in [-0.25, -0.2) is 4.39 Å². The highest BCUT2D eigenvalue weighted by atomic mass is 35.5. The number of hydrogen-bond donors (Lipinski definition) is 1. The van der Waals surface area contributed by atoms with Crippen LogP contribution in [0.1, 0.15) is 37.3 Å². The van der Waals surface area contributed by atoms with Crippen molar-refractivity contribution in [2.75, 3.05) is 6.61 Å². The van der Waals surface area contributed by atoms with Gasteiger partial charge in [0, 0.05) is 23.4 Å². The van der Waals surface area contributed by atoms with Crippen molar-refractivity contribution in [2.45, 2.75) is 37.9 Å². The summed E-state index contributed by atoms with van der Waals surface area (Å²) in [4.78, 5) is 25.6. The first-order valence-corrected chi connectivity index (χ1v) is 11.8. The van der Waals surface area contributed by atoms with Crippen LogP contribution >= 0.6 is 11.6 Å². The molecule has 0 spiro atoms. The maximum Gasteiger partial charge on any atom is 0.450 e. The van der Waals surface area contributed by atoms with Gasteiger partial charge in [-0.05, 0) is 47.4 Å². The minimum absolute atomic E-state index is 0.0681. The average Bonchev–Trinajstić information content (AvgIpc) is 3.49. The van der Waals surface area contributed by atoms with Gasteiger partial charge in [0.2, 0.25) is 17.5 Å². The van der Waals surface area contributed by atoms with Crippen LogP contribution in [0.4, 0.5) is 17.6 Å². The third-order valence-corrected chi connectivity index (χ3v) is 6.82. The lowest BCUT2D eigenvalue weighted by atomic mass is 9.92. The van der Waals surface area contributed by atoms with Gasteiger partial charge in [0.05, 0.1) is 30.7 Å². The van der Waals surface area contributed by atoms with Gasteiger partial charge in [-0.2, -0.15) is 18.0 Å². The van der Waals surface area contributed by atoms with E-state index in [2.05, 4.69) is 20.7 Å². The number of ketones is 1. The average molecular weight is 538 g/mol. The number of nitrogens with zero attached hydrogens (tertiary/aromatic N) is 4. The largest absolute Gasteiger partial charge is 0.493 e. The van der Waals surface area contributed by atoms with Crippen molar-refractivity contribution in [1.29, 1.82) is 0 Å². The number of rotatable bonds is 6. The third kappa shape index (κ3) is 4.89. The second-order valence-corrected chi connectivity index (χ2v) is 9.64. The van der Waals surface area contributed by atoms with Gasteiger partial charge in [-0.3, -0.25) is 9.59 Å². The number of carbonyl (C=O) groups is 2. The summed E-state index contributed by atoms with van der Waals surface area (Å²) in [7, 11) is 1.55. The van der Waals surface area contributed by atoms with Crippen LogP contribution in [-0.2, 0) is 16.6 Å². The Labute approximate surface area is 212 Å². The van der Waals surface area contributed by atoms with Crippen LogP contribution in [0.3, 0.4) is 0 Å². The van der Waals surface area contributed by atoms with Gasteiger partial charge in [0.25, 0.3) is 0 Å². The molecule has 0 radical (unpaired) electrons. The molecule has 0 bridgehead atoms. The topological polar surface area (TPSA) is 99.0 Å². The van der Waals surface area contributed by atoms with Gasteiger partial charge in [0.15, 0.2) is 0 Å². The molecule has 1 amide bonds. The molecule has 1 N–H and O–H groups in total. The van der Waals surface area contributed by atoms with Gasteiger partial charge < -0.3 is 10.1 Å². The molecule has 3 aromatic rings. The molecule has 37 heavy (non-hydrogen) atoms. The van der Waals surface area contributed by atoms with Crippen molar-refractivity contribution in [2.24, 2.45) is 12.5 Å². The van der Waals surface area contributed by atoms with Crippen molar-refractivity contribution in [3.63, 3.8) is 0 Å². The number of alkyl halides is 3. The van der Waals surface area contributed by atoms with Gasteiger partial charge in [-0.1, -0.05) is 23.7 Å². The smallest absolute Gasteiger partial charge is 0.450 e. The molecule has 1 aliphatic heterocycles. The molecular formula is C24H20ClF4N5O3. The zero-order valence-electron chi connectivity index (χ0n) is 19.4. The molecule has 2 heterocycles. The number of Topliss-reactive ketones (excluding diaryl/α,β-unsaturated/α-hetero) is 1. The van der Waals surface area contributed by atoms with Crippen LogP contribution in [0.2, 0.25) is 5.02 Å². The quantitative estimate of drug-likeness (QED) is 0.462. The van der Waals surface area contributed by atoms with Crippen molar-refractivity contribution in [3.05, 3.63) is 46.7 Å². The lowest BCUT2D eigenvalue weighted by molar-refractivity contribution is -0.173. The number of carbonyl (C=O) groups excluding carboxylic acids is 2. The highest BCUT2D eigenvalue weighted by Gasteiger charge is 2.55. The Balaban J connectivity index is 1.43. The Morgan fingerprint density at radius 1 is 1.24 bits per heavy atom. The highest BCUT2D eigenvalue weighted by molar-refractivity contribution is 6.31. The number of aromatic nitrogens is 4. The molecule has 0 saturated heterocycles. The van der Waals surface area contributed by atoms with E-state index in [0.29, 0.717) is 28.9 Å². The maximum absolute atomic E-state index is 14.9. The summed E-state index contributed by atoms with van der Waals surface area (Å²) < 4.78 is 59.0. The third-order valence-electron chi connectivity index (χ3n) is 6.61. The SMILES string of the molecule is Cn1nnc(-c2c(F)cc(Cl)cc2-c2ccc3c(c2)OCCC3NC(=O)C2(CC(=O)C(F)(F)F)CC2)n1. The zero-order chi connectivity index (χ0) is 26.5. The Bertz CT molecular complexity index is 1400. The molecule has 194 valence electrons. The van der Waals surface area contributed by atoms with Crippen molar-refractivity contribution in [3.8, 4) is 28.3 Å². The molecule has 1 aromatic heterocycles. The Kier molecular flexibility index (Phi) is 6.17. The molecule has 1 unspecified atom stereocenters. The first-order valence-electron chi connectivity index (χ1n) is 11.4. The molecule has 1 aliphatic carbocycles. The predicted octanol–water partition coefficient (Wildman–Crippen LogP) is 4.58. The summed E-state index contributed by atoms with van der Waals surface area (Å²) >= 11 is 6.13. The number of amides is 1. The van der Waals surface area contributed by atoms with Crippen LogP contribution in [0.5, 0.6) is 5.75 Å². The van der Waals surface area contributed by atoms with E-state index in [0.717, 1.165) is 6.07 Å². The Morgan fingerprint density at radius 3 is 2.65 bits per heavy atom. The van der Waals surface area contributed by atoms with E-state index in [-0.39, 0.29) is 35.9 Å². The lowest BCUT2D eigenvalue weighted by Gasteiger charge is -2.29. The van der Waals surface area contributed by atoms with Crippen LogP contribution in [0, 0.1) is 11.2 Å². The second-order valence-electron chi connectivity index (χ2n) is 9.21. The number of benzene rings is 2. The van der Waals surface area contributed by atoms with E-state index in [9.17, 15) is 27.2 Å². The van der Waals surface area contributed by atoms with Gasteiger partial charge in [-0.15, -0.1) is 10.2 Å².